The molecule has 0 aromatic heterocycles. The van der Waals surface area contributed by atoms with Crippen LogP contribution < -0.4 is 5.32 Å². The van der Waals surface area contributed by atoms with Gasteiger partial charge in [-0.05, 0) is 13.0 Å². The van der Waals surface area contributed by atoms with E-state index >= 15 is 0 Å². The van der Waals surface area contributed by atoms with Crippen LogP contribution in [0.1, 0.15) is 6.42 Å². The lowest BCUT2D eigenvalue weighted by Crippen LogP contribution is -2.22. The van der Waals surface area contributed by atoms with Crippen LogP contribution in [0.15, 0.2) is 0 Å². The van der Waals surface area contributed by atoms with Gasteiger partial charge in [0, 0.05) is 27.4 Å². The van der Waals surface area contributed by atoms with Crippen molar-refractivity contribution in [1.82, 2.24) is 5.32 Å². The highest BCUT2D eigenvalue weighted by atomic mass is 16.6. The molecule has 0 spiro atoms. The molecule has 0 rings (SSSR count). The molecule has 0 radical (unpaired) electrons. The number of nitrogens with one attached hydrogen (secondary N) is 1. The summed E-state index contributed by atoms with van der Waals surface area (Å²) in [7, 11) is 3.37. The predicted octanol–water partition coefficient (Wildman–Crippen LogP) is 0.309. The Morgan fingerprint density at radius 1 is 0.579 bits per heavy atom. The van der Waals surface area contributed by atoms with Gasteiger partial charge in [0.25, 0.3) is 0 Å². The number of methoxy groups -OCH3 is 2. The fraction of sp³-hybridized carbons (Fsp3) is 1.00. The molecule has 0 aliphatic heterocycles. The number of ether oxygens (including phenoxy) is 5. The summed E-state index contributed by atoms with van der Waals surface area (Å²) in [4.78, 5) is 0. The lowest BCUT2D eigenvalue weighted by Gasteiger charge is -2.07. The molecule has 0 heterocycles. The first-order valence-corrected chi connectivity index (χ1v) is 6.83. The largest absolute Gasteiger partial charge is 0.385 e. The van der Waals surface area contributed by atoms with Crippen LogP contribution in [0.4, 0.5) is 0 Å². The zero-order chi connectivity index (χ0) is 14.0. The lowest BCUT2D eigenvalue weighted by atomic mass is 10.4. The molecule has 0 aliphatic carbocycles. The van der Waals surface area contributed by atoms with E-state index in [1.54, 1.807) is 14.2 Å². The molecule has 0 aromatic carbocycles. The summed E-state index contributed by atoms with van der Waals surface area (Å²) in [6, 6.07) is 0. The molecule has 6 nitrogen and oxygen atoms in total. The summed E-state index contributed by atoms with van der Waals surface area (Å²) >= 11 is 0. The molecular weight excluding hydrogens is 250 g/mol. The van der Waals surface area contributed by atoms with Crippen LogP contribution >= 0.6 is 0 Å². The molecule has 0 bridgehead atoms. The summed E-state index contributed by atoms with van der Waals surface area (Å²) in [6.07, 6.45) is 1.03. The van der Waals surface area contributed by atoms with Crippen molar-refractivity contribution in [1.29, 1.82) is 0 Å². The van der Waals surface area contributed by atoms with E-state index in [9.17, 15) is 0 Å². The van der Waals surface area contributed by atoms with Gasteiger partial charge in [0.1, 0.15) is 0 Å². The Morgan fingerprint density at radius 2 is 1.11 bits per heavy atom. The molecule has 0 unspecified atom stereocenters. The minimum absolute atomic E-state index is 0.600. The topological polar surface area (TPSA) is 58.2 Å². The van der Waals surface area contributed by atoms with Crippen LogP contribution in [0, 0.1) is 0 Å². The molecular formula is C13H29NO5. The minimum atomic E-state index is 0.600. The Morgan fingerprint density at radius 3 is 1.68 bits per heavy atom. The van der Waals surface area contributed by atoms with Gasteiger partial charge in [-0.1, -0.05) is 0 Å². The maximum Gasteiger partial charge on any atom is 0.0701 e. The minimum Gasteiger partial charge on any atom is -0.385 e. The SMILES string of the molecule is COCCCNCCOCCOCCOCCOC. The van der Waals surface area contributed by atoms with Crippen molar-refractivity contribution >= 4 is 0 Å². The Hall–Kier alpha value is -0.240. The van der Waals surface area contributed by atoms with E-state index in [1.807, 2.05) is 0 Å². The molecule has 6 heteroatoms. The smallest absolute Gasteiger partial charge is 0.0701 e. The van der Waals surface area contributed by atoms with Crippen LogP contribution in [-0.4, -0.2) is 80.2 Å². The number of rotatable bonds is 16. The van der Waals surface area contributed by atoms with E-state index in [-0.39, 0.29) is 0 Å². The van der Waals surface area contributed by atoms with Gasteiger partial charge in [-0.15, -0.1) is 0 Å². The van der Waals surface area contributed by atoms with E-state index in [4.69, 9.17) is 23.7 Å². The molecule has 0 saturated heterocycles. The van der Waals surface area contributed by atoms with Crippen molar-refractivity contribution in [2.24, 2.45) is 0 Å². The average Bonchev–Trinajstić information content (AvgIpc) is 2.43. The first-order chi connectivity index (χ1) is 9.41. The number of hydrogen-bond donors (Lipinski definition) is 1. The van der Waals surface area contributed by atoms with Crippen molar-refractivity contribution in [2.45, 2.75) is 6.42 Å². The second kappa shape index (κ2) is 17.8. The van der Waals surface area contributed by atoms with Gasteiger partial charge in [-0.25, -0.2) is 0 Å². The van der Waals surface area contributed by atoms with Crippen LogP contribution in [-0.2, 0) is 23.7 Å². The van der Waals surface area contributed by atoms with Crippen molar-refractivity contribution in [3.05, 3.63) is 0 Å². The van der Waals surface area contributed by atoms with Gasteiger partial charge < -0.3 is 29.0 Å². The maximum atomic E-state index is 5.41. The summed E-state index contributed by atoms with van der Waals surface area (Å²) in [5.41, 5.74) is 0. The molecule has 19 heavy (non-hydrogen) atoms. The Kier molecular flexibility index (Phi) is 17.5. The molecule has 0 fully saturated rings. The fourth-order valence-electron chi connectivity index (χ4n) is 1.29. The zero-order valence-corrected chi connectivity index (χ0v) is 12.3. The van der Waals surface area contributed by atoms with Crippen LogP contribution in [0.3, 0.4) is 0 Å². The third-order valence-corrected chi connectivity index (χ3v) is 2.30. The Balaban J connectivity index is 2.88. The molecule has 1 N–H and O–H groups in total. The van der Waals surface area contributed by atoms with Gasteiger partial charge >= 0.3 is 0 Å². The van der Waals surface area contributed by atoms with Crippen LogP contribution in [0.2, 0.25) is 0 Å². The number of hydrogen-bond acceptors (Lipinski definition) is 6. The highest BCUT2D eigenvalue weighted by molar-refractivity contribution is 4.46. The third-order valence-electron chi connectivity index (χ3n) is 2.30. The first kappa shape index (κ1) is 18.8. The second-order valence-corrected chi connectivity index (χ2v) is 3.93. The standard InChI is InChI=1S/C13H29NO5/c1-15-6-3-4-14-5-7-17-10-11-19-13-12-18-9-8-16-2/h14H,3-13H2,1-2H3. The normalized spacial score (nSPS) is 11.1. The molecule has 0 amide bonds. The molecule has 0 aliphatic rings. The van der Waals surface area contributed by atoms with E-state index in [1.165, 1.54) is 0 Å². The average molecular weight is 279 g/mol. The predicted molar refractivity (Wildman–Crippen MR) is 73.7 cm³/mol. The summed E-state index contributed by atoms with van der Waals surface area (Å²) in [6.45, 7) is 7.01. The molecule has 116 valence electrons. The van der Waals surface area contributed by atoms with Crippen molar-refractivity contribution in [2.75, 3.05) is 80.2 Å². The van der Waals surface area contributed by atoms with Gasteiger partial charge in [-0.2, -0.15) is 0 Å². The Bertz CT molecular complexity index is 144. The zero-order valence-electron chi connectivity index (χ0n) is 12.3. The first-order valence-electron chi connectivity index (χ1n) is 6.83. The molecule has 0 aromatic rings. The van der Waals surface area contributed by atoms with Crippen LogP contribution in [0.25, 0.3) is 0 Å². The quantitative estimate of drug-likeness (QED) is 0.410. The summed E-state index contributed by atoms with van der Waals surface area (Å²) in [5.74, 6) is 0. The third kappa shape index (κ3) is 17.8. The monoisotopic (exact) mass is 279 g/mol. The maximum absolute atomic E-state index is 5.41. The van der Waals surface area contributed by atoms with Gasteiger partial charge in [0.05, 0.1) is 46.2 Å². The molecule has 0 atom stereocenters. The highest BCUT2D eigenvalue weighted by Crippen LogP contribution is 1.82. The summed E-state index contributed by atoms with van der Waals surface area (Å²) < 4.78 is 25.8. The van der Waals surface area contributed by atoms with Gasteiger partial charge in [0.15, 0.2) is 0 Å². The fourth-order valence-corrected chi connectivity index (χ4v) is 1.29. The van der Waals surface area contributed by atoms with Crippen molar-refractivity contribution in [3.63, 3.8) is 0 Å². The van der Waals surface area contributed by atoms with Gasteiger partial charge in [-0.3, -0.25) is 0 Å². The van der Waals surface area contributed by atoms with E-state index < -0.39 is 0 Å². The van der Waals surface area contributed by atoms with E-state index in [2.05, 4.69) is 5.32 Å². The van der Waals surface area contributed by atoms with Crippen molar-refractivity contribution < 1.29 is 23.7 Å². The van der Waals surface area contributed by atoms with E-state index in [0.29, 0.717) is 46.2 Å². The molecule has 0 saturated carbocycles. The lowest BCUT2D eigenvalue weighted by molar-refractivity contribution is 0.00409. The highest BCUT2D eigenvalue weighted by Gasteiger charge is 1.92. The summed E-state index contributed by atoms with van der Waals surface area (Å²) in [5, 5.41) is 3.27. The second-order valence-electron chi connectivity index (χ2n) is 3.93. The van der Waals surface area contributed by atoms with Crippen molar-refractivity contribution in [3.8, 4) is 0 Å². The van der Waals surface area contributed by atoms with Crippen LogP contribution in [0.5, 0.6) is 0 Å². The van der Waals surface area contributed by atoms with E-state index in [0.717, 1.165) is 26.1 Å². The van der Waals surface area contributed by atoms with Gasteiger partial charge in [0.2, 0.25) is 0 Å². The Labute approximate surface area is 116 Å².